The Kier molecular flexibility index (Phi) is 5.38. The second-order valence-corrected chi connectivity index (χ2v) is 7.91. The molecule has 2 heterocycles. The van der Waals surface area contributed by atoms with Gasteiger partial charge in [-0.3, -0.25) is 14.5 Å². The Labute approximate surface area is 169 Å². The van der Waals surface area contributed by atoms with Crippen molar-refractivity contribution in [3.63, 3.8) is 0 Å². The van der Waals surface area contributed by atoms with Crippen molar-refractivity contribution >= 4 is 23.5 Å². The lowest BCUT2D eigenvalue weighted by atomic mass is 9.93. The number of ether oxygens (including phenoxy) is 1. The summed E-state index contributed by atoms with van der Waals surface area (Å²) >= 11 is 6.09. The monoisotopic (exact) mass is 398 g/mol. The van der Waals surface area contributed by atoms with Gasteiger partial charge in [0.2, 0.25) is 5.91 Å². The zero-order valence-corrected chi connectivity index (χ0v) is 16.5. The lowest BCUT2D eigenvalue weighted by Crippen LogP contribution is -2.53. The van der Waals surface area contributed by atoms with Crippen LogP contribution in [0.25, 0.3) is 0 Å². The van der Waals surface area contributed by atoms with E-state index in [4.69, 9.17) is 16.3 Å². The molecule has 5 nitrogen and oxygen atoms in total. The van der Waals surface area contributed by atoms with Crippen LogP contribution in [0.3, 0.4) is 0 Å². The molecule has 1 amide bonds. The third-order valence-electron chi connectivity index (χ3n) is 5.66. The SMILES string of the molecule is COC(=O)[C@H]1C[C@H]2CN(Cc3cccc(Cl)c3)CC(=O)N2[C@H]1c1ccccc1. The summed E-state index contributed by atoms with van der Waals surface area (Å²) in [5.74, 6) is -0.538. The van der Waals surface area contributed by atoms with E-state index in [-0.39, 0.29) is 29.9 Å². The normalized spacial score (nSPS) is 24.9. The molecule has 0 spiro atoms. The summed E-state index contributed by atoms with van der Waals surface area (Å²) in [4.78, 5) is 29.6. The Balaban J connectivity index is 1.58. The quantitative estimate of drug-likeness (QED) is 0.741. The Morgan fingerprint density at radius 3 is 2.68 bits per heavy atom. The molecule has 6 heteroatoms. The van der Waals surface area contributed by atoms with Crippen LogP contribution in [0.15, 0.2) is 54.6 Å². The maximum atomic E-state index is 13.1. The summed E-state index contributed by atoms with van der Waals surface area (Å²) in [5, 5.41) is 0.693. The van der Waals surface area contributed by atoms with E-state index in [1.807, 2.05) is 59.5 Å². The largest absolute Gasteiger partial charge is 0.469 e. The van der Waals surface area contributed by atoms with E-state index in [1.54, 1.807) is 0 Å². The maximum Gasteiger partial charge on any atom is 0.311 e. The van der Waals surface area contributed by atoms with Crippen LogP contribution in [0.2, 0.25) is 5.02 Å². The molecule has 146 valence electrons. The minimum absolute atomic E-state index is 0.00487. The highest BCUT2D eigenvalue weighted by Crippen LogP contribution is 2.43. The number of methoxy groups -OCH3 is 1. The molecule has 2 aromatic rings. The predicted molar refractivity (Wildman–Crippen MR) is 107 cm³/mol. The van der Waals surface area contributed by atoms with E-state index >= 15 is 0 Å². The number of hydrogen-bond acceptors (Lipinski definition) is 4. The standard InChI is InChI=1S/C22H23ClN2O3/c1-28-22(27)19-11-18-13-24(12-15-6-5-9-17(23)10-15)14-20(26)25(18)21(19)16-7-3-2-4-8-16/h2-10,18-19,21H,11-14H2,1H3/t18-,19-,21-/m0/s1. The number of rotatable bonds is 4. The van der Waals surface area contributed by atoms with Crippen LogP contribution in [-0.4, -0.2) is 47.9 Å². The summed E-state index contributed by atoms with van der Waals surface area (Å²) in [6, 6.07) is 17.2. The molecule has 3 atom stereocenters. The van der Waals surface area contributed by atoms with Crippen LogP contribution in [0.5, 0.6) is 0 Å². The van der Waals surface area contributed by atoms with Gasteiger partial charge < -0.3 is 9.64 Å². The lowest BCUT2D eigenvalue weighted by Gasteiger charge is -2.40. The van der Waals surface area contributed by atoms with Gasteiger partial charge in [-0.05, 0) is 29.7 Å². The summed E-state index contributed by atoms with van der Waals surface area (Å²) in [7, 11) is 1.41. The van der Waals surface area contributed by atoms with E-state index in [0.29, 0.717) is 24.5 Å². The van der Waals surface area contributed by atoms with E-state index in [2.05, 4.69) is 4.90 Å². The molecule has 2 saturated heterocycles. The molecule has 2 aliphatic heterocycles. The molecular weight excluding hydrogens is 376 g/mol. The first kappa shape index (κ1) is 19.0. The molecule has 0 aliphatic carbocycles. The molecule has 0 aromatic heterocycles. The minimum Gasteiger partial charge on any atom is -0.469 e. The minimum atomic E-state index is -0.340. The first-order valence-corrected chi connectivity index (χ1v) is 9.85. The van der Waals surface area contributed by atoms with Crippen LogP contribution in [0, 0.1) is 5.92 Å². The number of fused-ring (bicyclic) bond motifs is 1. The van der Waals surface area contributed by atoms with Crippen molar-refractivity contribution in [1.82, 2.24) is 9.80 Å². The van der Waals surface area contributed by atoms with Gasteiger partial charge in [0.1, 0.15) is 0 Å². The highest BCUT2D eigenvalue weighted by Gasteiger charge is 2.50. The van der Waals surface area contributed by atoms with Gasteiger partial charge >= 0.3 is 5.97 Å². The molecule has 0 radical (unpaired) electrons. The van der Waals surface area contributed by atoms with Gasteiger partial charge in [0.05, 0.1) is 25.6 Å². The molecule has 28 heavy (non-hydrogen) atoms. The highest BCUT2D eigenvalue weighted by atomic mass is 35.5. The number of carbonyl (C=O) groups excluding carboxylic acids is 2. The van der Waals surface area contributed by atoms with Crippen molar-refractivity contribution in [2.24, 2.45) is 5.92 Å². The summed E-state index contributed by atoms with van der Waals surface area (Å²) < 4.78 is 5.06. The number of amides is 1. The first-order chi connectivity index (χ1) is 13.6. The van der Waals surface area contributed by atoms with Crippen molar-refractivity contribution < 1.29 is 14.3 Å². The average molecular weight is 399 g/mol. The first-order valence-electron chi connectivity index (χ1n) is 9.47. The fraction of sp³-hybridized carbons (Fsp3) is 0.364. The van der Waals surface area contributed by atoms with Crippen LogP contribution < -0.4 is 0 Å². The Bertz CT molecular complexity index is 873. The maximum absolute atomic E-state index is 13.1. The van der Waals surface area contributed by atoms with E-state index in [1.165, 1.54) is 7.11 Å². The number of benzene rings is 2. The van der Waals surface area contributed by atoms with Gasteiger partial charge in [0.15, 0.2) is 0 Å². The van der Waals surface area contributed by atoms with Crippen LogP contribution in [0.4, 0.5) is 0 Å². The third kappa shape index (κ3) is 3.64. The molecule has 2 fully saturated rings. The number of carbonyl (C=O) groups is 2. The molecule has 0 unspecified atom stereocenters. The van der Waals surface area contributed by atoms with Gasteiger partial charge in [0, 0.05) is 24.2 Å². The zero-order valence-electron chi connectivity index (χ0n) is 15.8. The van der Waals surface area contributed by atoms with Gasteiger partial charge in [-0.15, -0.1) is 0 Å². The number of halogens is 1. The second-order valence-electron chi connectivity index (χ2n) is 7.48. The summed E-state index contributed by atoms with van der Waals surface area (Å²) in [6.07, 6.45) is 0.615. The molecule has 2 aliphatic rings. The third-order valence-corrected chi connectivity index (χ3v) is 5.89. The number of esters is 1. The molecule has 4 rings (SSSR count). The van der Waals surface area contributed by atoms with Crippen molar-refractivity contribution in [2.45, 2.75) is 25.0 Å². The Morgan fingerprint density at radius 1 is 1.18 bits per heavy atom. The Morgan fingerprint density at radius 2 is 1.96 bits per heavy atom. The fourth-order valence-corrected chi connectivity index (χ4v) is 4.76. The average Bonchev–Trinajstić information content (AvgIpc) is 3.08. The van der Waals surface area contributed by atoms with Gasteiger partial charge in [0.25, 0.3) is 0 Å². The number of nitrogens with zero attached hydrogens (tertiary/aromatic N) is 2. The molecule has 0 N–H and O–H groups in total. The Hall–Kier alpha value is -2.37. The molecule has 0 bridgehead atoms. The van der Waals surface area contributed by atoms with Crippen LogP contribution >= 0.6 is 11.6 Å². The fourth-order valence-electron chi connectivity index (χ4n) is 4.55. The molecule has 2 aromatic carbocycles. The summed E-state index contributed by atoms with van der Waals surface area (Å²) in [6.45, 7) is 1.73. The number of hydrogen-bond donors (Lipinski definition) is 0. The topological polar surface area (TPSA) is 49.9 Å². The van der Waals surface area contributed by atoms with Crippen LogP contribution in [-0.2, 0) is 20.9 Å². The molecule has 0 saturated carbocycles. The van der Waals surface area contributed by atoms with Crippen molar-refractivity contribution in [2.75, 3.05) is 20.2 Å². The number of piperazine rings is 1. The molecular formula is C22H23ClN2O3. The van der Waals surface area contributed by atoms with E-state index in [0.717, 1.165) is 17.7 Å². The van der Waals surface area contributed by atoms with Crippen molar-refractivity contribution in [3.05, 3.63) is 70.7 Å². The zero-order chi connectivity index (χ0) is 19.7. The van der Waals surface area contributed by atoms with Gasteiger partial charge in [-0.2, -0.15) is 0 Å². The van der Waals surface area contributed by atoms with Crippen molar-refractivity contribution in [3.8, 4) is 0 Å². The van der Waals surface area contributed by atoms with Gasteiger partial charge in [-0.25, -0.2) is 0 Å². The highest BCUT2D eigenvalue weighted by molar-refractivity contribution is 6.30. The lowest BCUT2D eigenvalue weighted by molar-refractivity contribution is -0.147. The van der Waals surface area contributed by atoms with Gasteiger partial charge in [-0.1, -0.05) is 54.1 Å². The van der Waals surface area contributed by atoms with Crippen LogP contribution in [0.1, 0.15) is 23.6 Å². The predicted octanol–water partition coefficient (Wildman–Crippen LogP) is 3.29. The summed E-state index contributed by atoms with van der Waals surface area (Å²) in [5.41, 5.74) is 2.06. The van der Waals surface area contributed by atoms with E-state index < -0.39 is 0 Å². The second kappa shape index (κ2) is 7.94. The van der Waals surface area contributed by atoms with E-state index in [9.17, 15) is 9.59 Å². The van der Waals surface area contributed by atoms with Crippen molar-refractivity contribution in [1.29, 1.82) is 0 Å². The smallest absolute Gasteiger partial charge is 0.311 e.